The highest BCUT2D eigenvalue weighted by atomic mass is 16.1. The van der Waals surface area contributed by atoms with Crippen LogP contribution in [0.4, 0.5) is 11.4 Å². The van der Waals surface area contributed by atoms with Crippen LogP contribution in [0.15, 0.2) is 48.5 Å². The van der Waals surface area contributed by atoms with E-state index in [1.165, 1.54) is 11.6 Å². The van der Waals surface area contributed by atoms with Crippen LogP contribution in [-0.4, -0.2) is 5.91 Å². The molecule has 20 heavy (non-hydrogen) atoms. The molecule has 0 aromatic heterocycles. The molecule has 3 nitrogen and oxygen atoms in total. The zero-order valence-electron chi connectivity index (χ0n) is 11.7. The number of carbonyl (C=O) groups excluding carboxylic acids is 1. The lowest BCUT2D eigenvalue weighted by Crippen LogP contribution is -2.07. The van der Waals surface area contributed by atoms with Crippen LogP contribution in [-0.2, 0) is 4.79 Å². The summed E-state index contributed by atoms with van der Waals surface area (Å²) in [5.74, 6) is -0.148. The Balaban J connectivity index is 2.01. The van der Waals surface area contributed by atoms with Gasteiger partial charge in [0.25, 0.3) is 0 Å². The van der Waals surface area contributed by atoms with Gasteiger partial charge in [-0.15, -0.1) is 0 Å². The van der Waals surface area contributed by atoms with Crippen molar-refractivity contribution in [3.8, 4) is 0 Å². The minimum Gasteiger partial charge on any atom is -0.399 e. The van der Waals surface area contributed by atoms with Gasteiger partial charge < -0.3 is 11.1 Å². The van der Waals surface area contributed by atoms with E-state index >= 15 is 0 Å². The van der Waals surface area contributed by atoms with Gasteiger partial charge in [0.15, 0.2) is 0 Å². The normalized spacial score (nSPS) is 10.7. The van der Waals surface area contributed by atoms with Gasteiger partial charge >= 0.3 is 0 Å². The molecule has 0 heterocycles. The number of benzene rings is 2. The molecule has 3 N–H and O–H groups in total. The molecule has 3 heteroatoms. The summed E-state index contributed by atoms with van der Waals surface area (Å²) in [4.78, 5) is 11.8. The molecule has 0 radical (unpaired) electrons. The first-order chi connectivity index (χ1) is 9.54. The fourth-order valence-electron chi connectivity index (χ4n) is 1.78. The van der Waals surface area contributed by atoms with E-state index in [0.717, 1.165) is 16.8 Å². The van der Waals surface area contributed by atoms with E-state index < -0.39 is 0 Å². The van der Waals surface area contributed by atoms with Crippen molar-refractivity contribution in [2.75, 3.05) is 11.1 Å². The predicted molar refractivity (Wildman–Crippen MR) is 84.4 cm³/mol. The molecule has 0 saturated heterocycles. The van der Waals surface area contributed by atoms with Crippen molar-refractivity contribution in [2.45, 2.75) is 13.8 Å². The zero-order chi connectivity index (χ0) is 14.5. The van der Waals surface area contributed by atoms with E-state index in [1.807, 2.05) is 44.2 Å². The minimum atomic E-state index is -0.148. The molecule has 1 amide bonds. The number of hydrogen-bond donors (Lipinski definition) is 2. The molecule has 0 spiro atoms. The van der Waals surface area contributed by atoms with Crippen LogP contribution in [0.3, 0.4) is 0 Å². The summed E-state index contributed by atoms with van der Waals surface area (Å²) in [5, 5.41) is 2.84. The Morgan fingerprint density at radius 2 is 1.75 bits per heavy atom. The largest absolute Gasteiger partial charge is 0.399 e. The van der Waals surface area contributed by atoms with Crippen LogP contribution in [0.5, 0.6) is 0 Å². The molecule has 2 rings (SSSR count). The van der Waals surface area contributed by atoms with Crippen molar-refractivity contribution < 1.29 is 4.79 Å². The van der Waals surface area contributed by atoms with Gasteiger partial charge in [0.05, 0.1) is 0 Å². The molecule has 0 saturated carbocycles. The maximum atomic E-state index is 11.8. The average Bonchev–Trinajstić information content (AvgIpc) is 2.42. The average molecular weight is 266 g/mol. The highest BCUT2D eigenvalue weighted by molar-refractivity contribution is 6.02. The van der Waals surface area contributed by atoms with Crippen molar-refractivity contribution in [2.24, 2.45) is 0 Å². The highest BCUT2D eigenvalue weighted by Crippen LogP contribution is 2.14. The van der Waals surface area contributed by atoms with E-state index in [9.17, 15) is 4.79 Å². The van der Waals surface area contributed by atoms with Crippen LogP contribution >= 0.6 is 0 Å². The van der Waals surface area contributed by atoms with Gasteiger partial charge in [0, 0.05) is 17.5 Å². The second-order valence-electron chi connectivity index (χ2n) is 4.79. The molecular weight excluding hydrogens is 248 g/mol. The van der Waals surface area contributed by atoms with Crippen molar-refractivity contribution >= 4 is 23.4 Å². The quantitative estimate of drug-likeness (QED) is 0.659. The van der Waals surface area contributed by atoms with Crippen LogP contribution in [0, 0.1) is 13.8 Å². The van der Waals surface area contributed by atoms with Crippen LogP contribution in [0.1, 0.15) is 16.7 Å². The molecule has 0 atom stereocenters. The number of nitrogens with one attached hydrogen (secondary N) is 1. The van der Waals surface area contributed by atoms with Crippen LogP contribution in [0.2, 0.25) is 0 Å². The predicted octanol–water partition coefficient (Wildman–Crippen LogP) is 3.54. The lowest BCUT2D eigenvalue weighted by atomic mass is 10.1. The summed E-state index contributed by atoms with van der Waals surface area (Å²) in [6.07, 6.45) is 3.27. The number of nitrogens with two attached hydrogens (primary N) is 1. The fourth-order valence-corrected chi connectivity index (χ4v) is 1.78. The van der Waals surface area contributed by atoms with Gasteiger partial charge in [0.2, 0.25) is 5.91 Å². The zero-order valence-corrected chi connectivity index (χ0v) is 11.7. The topological polar surface area (TPSA) is 55.1 Å². The molecule has 0 aliphatic rings. The van der Waals surface area contributed by atoms with E-state index in [0.29, 0.717) is 5.69 Å². The first-order valence-electron chi connectivity index (χ1n) is 6.46. The van der Waals surface area contributed by atoms with Gasteiger partial charge in [-0.25, -0.2) is 0 Å². The summed E-state index contributed by atoms with van der Waals surface area (Å²) in [6, 6.07) is 13.2. The lowest BCUT2D eigenvalue weighted by Gasteiger charge is -2.05. The van der Waals surface area contributed by atoms with Gasteiger partial charge in [-0.05, 0) is 60.9 Å². The number of anilines is 2. The van der Waals surface area contributed by atoms with Crippen LogP contribution in [0.25, 0.3) is 6.08 Å². The van der Waals surface area contributed by atoms with E-state index in [1.54, 1.807) is 18.2 Å². The number of nitrogen functional groups attached to an aromatic ring is 1. The maximum Gasteiger partial charge on any atom is 0.248 e. The van der Waals surface area contributed by atoms with E-state index in [4.69, 9.17) is 5.73 Å². The lowest BCUT2D eigenvalue weighted by molar-refractivity contribution is -0.111. The number of aryl methyl sites for hydroxylation is 2. The number of hydrogen-bond acceptors (Lipinski definition) is 2. The summed E-state index contributed by atoms with van der Waals surface area (Å²) in [6.45, 7) is 4.07. The first kappa shape index (κ1) is 13.9. The van der Waals surface area contributed by atoms with E-state index in [2.05, 4.69) is 5.32 Å². The Labute approximate surface area is 119 Å². The standard InChI is InChI=1S/C17H18N2O/c1-12-3-9-16(11-13(12)2)19-17(20)10-6-14-4-7-15(18)8-5-14/h3-11H,18H2,1-2H3,(H,19,20)/b10-6+. The Morgan fingerprint density at radius 3 is 2.40 bits per heavy atom. The maximum absolute atomic E-state index is 11.8. The van der Waals surface area contributed by atoms with Gasteiger partial charge in [-0.3, -0.25) is 4.79 Å². The Kier molecular flexibility index (Phi) is 4.20. The van der Waals surface area contributed by atoms with E-state index in [-0.39, 0.29) is 5.91 Å². The molecule has 2 aromatic carbocycles. The Hall–Kier alpha value is -2.55. The third-order valence-corrected chi connectivity index (χ3v) is 3.14. The monoisotopic (exact) mass is 266 g/mol. The summed E-state index contributed by atoms with van der Waals surface area (Å²) < 4.78 is 0. The first-order valence-corrected chi connectivity index (χ1v) is 6.46. The van der Waals surface area contributed by atoms with Crippen molar-refractivity contribution in [1.29, 1.82) is 0 Å². The molecule has 0 unspecified atom stereocenters. The molecule has 0 fully saturated rings. The summed E-state index contributed by atoms with van der Waals surface area (Å²) in [5.41, 5.74) is 10.4. The minimum absolute atomic E-state index is 0.148. The molecule has 0 bridgehead atoms. The SMILES string of the molecule is Cc1ccc(NC(=O)/C=C/c2ccc(N)cc2)cc1C. The second kappa shape index (κ2) is 6.06. The Morgan fingerprint density at radius 1 is 1.05 bits per heavy atom. The molecule has 0 aliphatic carbocycles. The third-order valence-electron chi connectivity index (χ3n) is 3.14. The smallest absolute Gasteiger partial charge is 0.248 e. The Bertz CT molecular complexity index is 643. The summed E-state index contributed by atoms with van der Waals surface area (Å²) >= 11 is 0. The number of amides is 1. The van der Waals surface area contributed by atoms with Crippen molar-refractivity contribution in [1.82, 2.24) is 0 Å². The molecule has 0 aliphatic heterocycles. The van der Waals surface area contributed by atoms with Gasteiger partial charge in [0.1, 0.15) is 0 Å². The van der Waals surface area contributed by atoms with Crippen LogP contribution < -0.4 is 11.1 Å². The van der Waals surface area contributed by atoms with Crippen molar-refractivity contribution in [3.63, 3.8) is 0 Å². The number of carbonyl (C=O) groups is 1. The highest BCUT2D eigenvalue weighted by Gasteiger charge is 1.99. The fraction of sp³-hybridized carbons (Fsp3) is 0.118. The third kappa shape index (κ3) is 3.72. The van der Waals surface area contributed by atoms with Gasteiger partial charge in [-0.1, -0.05) is 18.2 Å². The second-order valence-corrected chi connectivity index (χ2v) is 4.79. The number of rotatable bonds is 3. The van der Waals surface area contributed by atoms with Crippen molar-refractivity contribution in [3.05, 3.63) is 65.2 Å². The molecule has 2 aromatic rings. The summed E-state index contributed by atoms with van der Waals surface area (Å²) in [7, 11) is 0. The molecular formula is C17H18N2O. The molecule has 102 valence electrons. The van der Waals surface area contributed by atoms with Gasteiger partial charge in [-0.2, -0.15) is 0 Å².